The van der Waals surface area contributed by atoms with Crippen LogP contribution in [0.4, 0.5) is 0 Å². The number of nitrogens with zero attached hydrogens (tertiary/aromatic N) is 1. The molecule has 2 aromatic carbocycles. The van der Waals surface area contributed by atoms with Gasteiger partial charge in [-0.1, -0.05) is 54.6 Å². The minimum atomic E-state index is -3.27. The molecule has 2 N–H and O–H groups in total. The van der Waals surface area contributed by atoms with Crippen LogP contribution in [0.15, 0.2) is 54.6 Å². The Kier molecular flexibility index (Phi) is 5.07. The second-order valence-corrected chi connectivity index (χ2v) is 7.39. The van der Waals surface area contributed by atoms with Crippen LogP contribution in [0.3, 0.4) is 0 Å². The largest absolute Gasteiger partial charge is 0.309 e. The van der Waals surface area contributed by atoms with Gasteiger partial charge >= 0.3 is 0 Å². The number of hydrogen-bond donors (Lipinski definition) is 2. The van der Waals surface area contributed by atoms with Crippen molar-refractivity contribution >= 4 is 10.2 Å². The molecule has 5 nitrogen and oxygen atoms in total. The zero-order valence-electron chi connectivity index (χ0n) is 12.9. The summed E-state index contributed by atoms with van der Waals surface area (Å²) in [5.41, 5.74) is 3.45. The van der Waals surface area contributed by atoms with Crippen molar-refractivity contribution < 1.29 is 8.42 Å². The summed E-state index contributed by atoms with van der Waals surface area (Å²) in [7, 11) is -3.27. The molecule has 0 unspecified atom stereocenters. The van der Waals surface area contributed by atoms with Gasteiger partial charge in [-0.3, -0.25) is 0 Å². The van der Waals surface area contributed by atoms with Crippen LogP contribution in [0.1, 0.15) is 16.7 Å². The van der Waals surface area contributed by atoms with E-state index >= 15 is 0 Å². The smallest absolute Gasteiger partial charge is 0.279 e. The average molecular weight is 331 g/mol. The van der Waals surface area contributed by atoms with Gasteiger partial charge in [0, 0.05) is 32.7 Å². The second kappa shape index (κ2) is 7.23. The monoisotopic (exact) mass is 331 g/mol. The van der Waals surface area contributed by atoms with Gasteiger partial charge < -0.3 is 5.32 Å². The molecular formula is C17H21N3O2S. The molecule has 3 rings (SSSR count). The van der Waals surface area contributed by atoms with E-state index in [4.69, 9.17) is 0 Å². The van der Waals surface area contributed by atoms with Crippen LogP contribution in [0.25, 0.3) is 0 Å². The Morgan fingerprint density at radius 1 is 0.913 bits per heavy atom. The minimum Gasteiger partial charge on any atom is -0.309 e. The van der Waals surface area contributed by atoms with Gasteiger partial charge in [0.1, 0.15) is 0 Å². The summed E-state index contributed by atoms with van der Waals surface area (Å²) < 4.78 is 27.4. The van der Waals surface area contributed by atoms with Gasteiger partial charge in [-0.2, -0.15) is 12.7 Å². The topological polar surface area (TPSA) is 61.4 Å². The van der Waals surface area contributed by atoms with Gasteiger partial charge in [-0.15, -0.1) is 0 Å². The first-order valence-corrected chi connectivity index (χ1v) is 9.15. The lowest BCUT2D eigenvalue weighted by atomic mass is 10.1. The highest BCUT2D eigenvalue weighted by Crippen LogP contribution is 2.12. The predicted molar refractivity (Wildman–Crippen MR) is 90.8 cm³/mol. The molecule has 0 radical (unpaired) electrons. The van der Waals surface area contributed by atoms with Crippen molar-refractivity contribution in [3.05, 3.63) is 71.3 Å². The number of rotatable bonds is 6. The fraction of sp³-hybridized carbons (Fsp3) is 0.294. The molecule has 122 valence electrons. The van der Waals surface area contributed by atoms with E-state index < -0.39 is 10.2 Å². The standard InChI is InChI=1S/C17H21N3O2S/c21-23(22)19-10-11-20(23)14-17-8-6-16(7-9-17)13-18-12-15-4-2-1-3-5-15/h1-9,18-19H,10-14H2. The van der Waals surface area contributed by atoms with Crippen molar-refractivity contribution in [2.45, 2.75) is 19.6 Å². The molecule has 1 aliphatic rings. The van der Waals surface area contributed by atoms with Gasteiger partial charge in [0.05, 0.1) is 0 Å². The first kappa shape index (κ1) is 16.1. The molecule has 23 heavy (non-hydrogen) atoms. The third-order valence-electron chi connectivity index (χ3n) is 3.87. The first-order valence-electron chi connectivity index (χ1n) is 7.71. The highest BCUT2D eigenvalue weighted by atomic mass is 32.2. The Hall–Kier alpha value is -1.73. The summed E-state index contributed by atoms with van der Waals surface area (Å²) in [4.78, 5) is 0. The average Bonchev–Trinajstić information content (AvgIpc) is 2.89. The fourth-order valence-corrected chi connectivity index (χ4v) is 3.77. The summed E-state index contributed by atoms with van der Waals surface area (Å²) in [5, 5.41) is 3.41. The van der Waals surface area contributed by atoms with Crippen molar-refractivity contribution in [1.82, 2.24) is 14.3 Å². The van der Waals surface area contributed by atoms with Gasteiger partial charge in [0.15, 0.2) is 0 Å². The van der Waals surface area contributed by atoms with E-state index in [0.29, 0.717) is 19.6 Å². The van der Waals surface area contributed by atoms with Crippen molar-refractivity contribution in [2.24, 2.45) is 0 Å². The van der Waals surface area contributed by atoms with Crippen LogP contribution >= 0.6 is 0 Å². The lowest BCUT2D eigenvalue weighted by Crippen LogP contribution is -2.29. The van der Waals surface area contributed by atoms with E-state index in [1.165, 1.54) is 15.4 Å². The molecule has 0 saturated carbocycles. The molecule has 0 amide bonds. The van der Waals surface area contributed by atoms with Gasteiger partial charge in [-0.05, 0) is 16.7 Å². The zero-order chi connectivity index (χ0) is 16.1. The Morgan fingerprint density at radius 3 is 2.13 bits per heavy atom. The molecule has 2 aromatic rings. The molecule has 0 aliphatic carbocycles. The lowest BCUT2D eigenvalue weighted by Gasteiger charge is -2.13. The summed E-state index contributed by atoms with van der Waals surface area (Å²) in [5.74, 6) is 0. The quantitative estimate of drug-likeness (QED) is 0.846. The van der Waals surface area contributed by atoms with Gasteiger partial charge in [-0.25, -0.2) is 4.72 Å². The van der Waals surface area contributed by atoms with Crippen LogP contribution < -0.4 is 10.0 Å². The molecule has 0 spiro atoms. The van der Waals surface area contributed by atoms with Crippen molar-refractivity contribution in [1.29, 1.82) is 0 Å². The molecule has 0 aromatic heterocycles. The number of nitrogens with one attached hydrogen (secondary N) is 2. The fourth-order valence-electron chi connectivity index (χ4n) is 2.59. The first-order chi connectivity index (χ1) is 11.1. The van der Waals surface area contributed by atoms with Crippen molar-refractivity contribution in [3.8, 4) is 0 Å². The van der Waals surface area contributed by atoms with Crippen LogP contribution in [-0.4, -0.2) is 25.8 Å². The van der Waals surface area contributed by atoms with E-state index in [0.717, 1.165) is 18.7 Å². The summed E-state index contributed by atoms with van der Waals surface area (Å²) >= 11 is 0. The lowest BCUT2D eigenvalue weighted by molar-refractivity contribution is 0.446. The Morgan fingerprint density at radius 2 is 1.52 bits per heavy atom. The third kappa shape index (κ3) is 4.39. The van der Waals surface area contributed by atoms with Gasteiger partial charge in [0.25, 0.3) is 10.2 Å². The maximum Gasteiger partial charge on any atom is 0.279 e. The highest BCUT2D eigenvalue weighted by molar-refractivity contribution is 7.87. The van der Waals surface area contributed by atoms with Crippen molar-refractivity contribution in [2.75, 3.05) is 13.1 Å². The Bertz CT molecular complexity index is 730. The maximum atomic E-state index is 11.7. The predicted octanol–water partition coefficient (Wildman–Crippen LogP) is 1.63. The molecule has 0 atom stereocenters. The van der Waals surface area contributed by atoms with E-state index in [9.17, 15) is 8.42 Å². The van der Waals surface area contributed by atoms with Crippen LogP contribution in [0.2, 0.25) is 0 Å². The van der Waals surface area contributed by atoms with E-state index in [1.54, 1.807) is 0 Å². The maximum absolute atomic E-state index is 11.7. The molecule has 1 aliphatic heterocycles. The van der Waals surface area contributed by atoms with E-state index in [1.807, 2.05) is 42.5 Å². The van der Waals surface area contributed by atoms with E-state index in [2.05, 4.69) is 22.2 Å². The molecule has 6 heteroatoms. The summed E-state index contributed by atoms with van der Waals surface area (Å²) in [6.45, 7) is 3.07. The molecule has 1 heterocycles. The highest BCUT2D eigenvalue weighted by Gasteiger charge is 2.27. The minimum absolute atomic E-state index is 0.424. The normalized spacial score (nSPS) is 17.4. The number of benzene rings is 2. The summed E-state index contributed by atoms with van der Waals surface area (Å²) in [6, 6.07) is 18.4. The summed E-state index contributed by atoms with van der Waals surface area (Å²) in [6.07, 6.45) is 0. The number of hydrogen-bond acceptors (Lipinski definition) is 3. The second-order valence-electron chi connectivity index (χ2n) is 5.64. The zero-order valence-corrected chi connectivity index (χ0v) is 13.7. The van der Waals surface area contributed by atoms with Crippen LogP contribution in [0.5, 0.6) is 0 Å². The van der Waals surface area contributed by atoms with E-state index in [-0.39, 0.29) is 0 Å². The molecule has 0 bridgehead atoms. The third-order valence-corrected chi connectivity index (χ3v) is 5.43. The Labute approximate surface area is 137 Å². The SMILES string of the molecule is O=S1(=O)NCCN1Cc1ccc(CNCc2ccccc2)cc1. The molecule has 1 saturated heterocycles. The van der Waals surface area contributed by atoms with Crippen LogP contribution in [0, 0.1) is 0 Å². The van der Waals surface area contributed by atoms with Crippen molar-refractivity contribution in [3.63, 3.8) is 0 Å². The Balaban J connectivity index is 1.51. The van der Waals surface area contributed by atoms with Crippen LogP contribution in [-0.2, 0) is 29.8 Å². The van der Waals surface area contributed by atoms with Gasteiger partial charge in [0.2, 0.25) is 0 Å². The molecule has 1 fully saturated rings. The molecular weight excluding hydrogens is 310 g/mol.